The first-order valence-corrected chi connectivity index (χ1v) is 6.71. The van der Waals surface area contributed by atoms with Crippen molar-refractivity contribution in [2.45, 2.75) is 37.7 Å². The van der Waals surface area contributed by atoms with Crippen molar-refractivity contribution in [2.24, 2.45) is 0 Å². The monoisotopic (exact) mass is 320 g/mol. The molecule has 0 heterocycles. The predicted octanol–water partition coefficient (Wildman–Crippen LogP) is 4.27. The Morgan fingerprint density at radius 1 is 0.909 bits per heavy atom. The zero-order chi connectivity index (χ0) is 16.5. The van der Waals surface area contributed by atoms with Crippen LogP contribution in [0, 0.1) is 29.1 Å². The third-order valence-corrected chi connectivity index (χ3v) is 3.79. The summed E-state index contributed by atoms with van der Waals surface area (Å²) in [6, 6.07) is 0. The zero-order valence-corrected chi connectivity index (χ0v) is 11.5. The van der Waals surface area contributed by atoms with Gasteiger partial charge in [-0.3, -0.25) is 0 Å². The molecule has 0 radical (unpaired) electrons. The van der Waals surface area contributed by atoms with Crippen LogP contribution in [0.15, 0.2) is 12.7 Å². The number of halogens is 5. The van der Waals surface area contributed by atoms with Crippen LogP contribution in [0.4, 0.5) is 22.0 Å². The molecule has 1 aliphatic carbocycles. The lowest BCUT2D eigenvalue weighted by Gasteiger charge is -2.37. The van der Waals surface area contributed by atoms with Crippen LogP contribution in [0.25, 0.3) is 0 Å². The summed E-state index contributed by atoms with van der Waals surface area (Å²) in [7, 11) is 0. The lowest BCUT2D eigenvalue weighted by molar-refractivity contribution is -0.159. The maximum atomic E-state index is 14.0. The van der Waals surface area contributed by atoms with Gasteiger partial charge in [0.05, 0.1) is 5.56 Å². The molecule has 0 spiro atoms. The molecule has 1 fully saturated rings. The summed E-state index contributed by atoms with van der Waals surface area (Å²) in [4.78, 5) is 11.5. The van der Waals surface area contributed by atoms with Crippen LogP contribution < -0.4 is 0 Å². The van der Waals surface area contributed by atoms with Gasteiger partial charge < -0.3 is 4.74 Å². The SMILES string of the molecule is C=CC(=O)OC1(c2c(F)c(F)c(F)c(F)c2F)CCCCC1. The van der Waals surface area contributed by atoms with Gasteiger partial charge in [-0.2, -0.15) is 0 Å². The van der Waals surface area contributed by atoms with E-state index in [2.05, 4.69) is 6.58 Å². The van der Waals surface area contributed by atoms with E-state index in [0.29, 0.717) is 19.3 Å². The fraction of sp³-hybridized carbons (Fsp3) is 0.400. The van der Waals surface area contributed by atoms with Crippen molar-refractivity contribution in [3.63, 3.8) is 0 Å². The van der Waals surface area contributed by atoms with Gasteiger partial charge in [-0.25, -0.2) is 26.7 Å². The van der Waals surface area contributed by atoms with Gasteiger partial charge in [0.2, 0.25) is 5.82 Å². The van der Waals surface area contributed by atoms with Crippen LogP contribution in [0.5, 0.6) is 0 Å². The average molecular weight is 320 g/mol. The molecule has 0 aliphatic heterocycles. The van der Waals surface area contributed by atoms with E-state index in [1.165, 1.54) is 0 Å². The molecule has 22 heavy (non-hydrogen) atoms. The Kier molecular flexibility index (Phi) is 4.53. The van der Waals surface area contributed by atoms with Gasteiger partial charge in [-0.05, 0) is 25.7 Å². The van der Waals surface area contributed by atoms with Gasteiger partial charge in [0.15, 0.2) is 23.3 Å². The molecule has 2 rings (SSSR count). The quantitative estimate of drug-likeness (QED) is 0.273. The Morgan fingerprint density at radius 3 is 1.82 bits per heavy atom. The number of ether oxygens (including phenoxy) is 1. The third kappa shape index (κ3) is 2.60. The highest BCUT2D eigenvalue weighted by Gasteiger charge is 2.44. The predicted molar refractivity (Wildman–Crippen MR) is 67.3 cm³/mol. The summed E-state index contributed by atoms with van der Waals surface area (Å²) >= 11 is 0. The molecule has 0 amide bonds. The summed E-state index contributed by atoms with van der Waals surface area (Å²) < 4.78 is 73.1. The Hall–Kier alpha value is -1.92. The maximum Gasteiger partial charge on any atom is 0.331 e. The molecule has 1 aromatic rings. The molecular weight excluding hydrogens is 307 g/mol. The van der Waals surface area contributed by atoms with Gasteiger partial charge in [0.1, 0.15) is 5.60 Å². The number of benzene rings is 1. The second-order valence-electron chi connectivity index (χ2n) is 5.13. The first-order valence-electron chi connectivity index (χ1n) is 6.71. The van der Waals surface area contributed by atoms with E-state index in [1.54, 1.807) is 0 Å². The number of rotatable bonds is 3. The van der Waals surface area contributed by atoms with Crippen LogP contribution >= 0.6 is 0 Å². The highest BCUT2D eigenvalue weighted by atomic mass is 19.2. The molecule has 1 saturated carbocycles. The Labute approximate surface area is 123 Å². The largest absolute Gasteiger partial charge is 0.451 e. The number of carbonyl (C=O) groups is 1. The van der Waals surface area contributed by atoms with Gasteiger partial charge >= 0.3 is 5.97 Å². The van der Waals surface area contributed by atoms with Crippen molar-refractivity contribution in [3.05, 3.63) is 47.3 Å². The van der Waals surface area contributed by atoms with Crippen LogP contribution in [0.1, 0.15) is 37.7 Å². The molecule has 0 aromatic heterocycles. The topological polar surface area (TPSA) is 26.3 Å². The average Bonchev–Trinajstić information content (AvgIpc) is 2.52. The fourth-order valence-electron chi connectivity index (χ4n) is 2.77. The lowest BCUT2D eigenvalue weighted by Crippen LogP contribution is -2.37. The molecule has 7 heteroatoms. The van der Waals surface area contributed by atoms with Crippen LogP contribution in [0.2, 0.25) is 0 Å². The highest BCUT2D eigenvalue weighted by Crippen LogP contribution is 2.44. The van der Waals surface area contributed by atoms with Crippen LogP contribution in [-0.4, -0.2) is 5.97 Å². The molecular formula is C15H13F5O2. The Morgan fingerprint density at radius 2 is 1.36 bits per heavy atom. The van der Waals surface area contributed by atoms with Crippen molar-refractivity contribution in [3.8, 4) is 0 Å². The van der Waals surface area contributed by atoms with Gasteiger partial charge in [0.25, 0.3) is 0 Å². The van der Waals surface area contributed by atoms with Gasteiger partial charge in [0, 0.05) is 6.08 Å². The molecule has 2 nitrogen and oxygen atoms in total. The minimum atomic E-state index is -2.24. The van der Waals surface area contributed by atoms with E-state index in [1.807, 2.05) is 0 Å². The normalized spacial score (nSPS) is 17.1. The summed E-state index contributed by atoms with van der Waals surface area (Å²) in [5.74, 6) is -11.2. The standard InChI is InChI=1S/C15H13F5O2/c1-2-8(21)22-15(6-4-3-5-7-15)9-10(16)12(18)14(20)13(19)11(9)17/h2H,1,3-7H2. The molecule has 0 bridgehead atoms. The molecule has 120 valence electrons. The molecule has 1 aliphatic rings. The van der Waals surface area contributed by atoms with Crippen molar-refractivity contribution >= 4 is 5.97 Å². The minimum Gasteiger partial charge on any atom is -0.451 e. The summed E-state index contributed by atoms with van der Waals surface area (Å²) in [6.07, 6.45) is 2.31. The first-order chi connectivity index (χ1) is 10.3. The van der Waals surface area contributed by atoms with Crippen LogP contribution in [-0.2, 0) is 15.1 Å². The Bertz CT molecular complexity index is 592. The lowest BCUT2D eigenvalue weighted by atomic mass is 9.78. The number of carbonyl (C=O) groups excluding carboxylic acids is 1. The number of esters is 1. The zero-order valence-electron chi connectivity index (χ0n) is 11.5. The smallest absolute Gasteiger partial charge is 0.331 e. The number of hydrogen-bond acceptors (Lipinski definition) is 2. The van der Waals surface area contributed by atoms with Crippen LogP contribution in [0.3, 0.4) is 0 Å². The molecule has 1 aromatic carbocycles. The second-order valence-corrected chi connectivity index (χ2v) is 5.13. The van der Waals surface area contributed by atoms with Gasteiger partial charge in [-0.15, -0.1) is 0 Å². The molecule has 0 saturated heterocycles. The van der Waals surface area contributed by atoms with Gasteiger partial charge in [-0.1, -0.05) is 13.0 Å². The van der Waals surface area contributed by atoms with E-state index in [9.17, 15) is 26.7 Å². The van der Waals surface area contributed by atoms with Crippen molar-refractivity contribution in [1.82, 2.24) is 0 Å². The number of hydrogen-bond donors (Lipinski definition) is 0. The van der Waals surface area contributed by atoms with Crippen molar-refractivity contribution in [1.29, 1.82) is 0 Å². The molecule has 0 unspecified atom stereocenters. The maximum absolute atomic E-state index is 14.0. The fourth-order valence-corrected chi connectivity index (χ4v) is 2.77. The Balaban J connectivity index is 2.67. The first kappa shape index (κ1) is 16.5. The summed E-state index contributed by atoms with van der Waals surface area (Å²) in [5, 5.41) is 0. The van der Waals surface area contributed by atoms with E-state index >= 15 is 0 Å². The van der Waals surface area contributed by atoms with E-state index in [0.717, 1.165) is 6.08 Å². The van der Waals surface area contributed by atoms with E-state index in [4.69, 9.17) is 4.74 Å². The highest BCUT2D eigenvalue weighted by molar-refractivity contribution is 5.81. The summed E-state index contributed by atoms with van der Waals surface area (Å²) in [5.41, 5.74) is -2.95. The minimum absolute atomic E-state index is 0.0229. The third-order valence-electron chi connectivity index (χ3n) is 3.79. The molecule has 0 N–H and O–H groups in total. The van der Waals surface area contributed by atoms with Crippen molar-refractivity contribution in [2.75, 3.05) is 0 Å². The van der Waals surface area contributed by atoms with E-state index < -0.39 is 46.2 Å². The van der Waals surface area contributed by atoms with Crippen molar-refractivity contribution < 1.29 is 31.5 Å². The second kappa shape index (κ2) is 6.06. The molecule has 0 atom stereocenters. The van der Waals surface area contributed by atoms with E-state index in [-0.39, 0.29) is 12.8 Å². The summed E-state index contributed by atoms with van der Waals surface area (Å²) in [6.45, 7) is 3.17.